The number of nitrogens with zero attached hydrogens (tertiary/aromatic N) is 1. The van der Waals surface area contributed by atoms with Crippen LogP contribution in [0.3, 0.4) is 0 Å². The number of carbonyl (C=O) groups is 1. The summed E-state index contributed by atoms with van der Waals surface area (Å²) in [4.78, 5) is 15.8. The van der Waals surface area contributed by atoms with Crippen LogP contribution < -0.4 is 5.32 Å². The largest absolute Gasteiger partial charge is 0.465 e. The number of benzene rings is 1. The van der Waals surface area contributed by atoms with Gasteiger partial charge in [0.15, 0.2) is 0 Å². The van der Waals surface area contributed by atoms with Crippen LogP contribution in [0.4, 0.5) is 5.82 Å². The molecule has 0 saturated heterocycles. The van der Waals surface area contributed by atoms with Crippen molar-refractivity contribution in [2.45, 2.75) is 13.5 Å². The van der Waals surface area contributed by atoms with Crippen molar-refractivity contribution in [1.82, 2.24) is 4.98 Å². The standard InChI is InChI=1S/C15H15ClN2O2/c1-10-13(15(19)20-2)6-7-14(18-10)17-9-11-4-3-5-12(16)8-11/h3-8H,9H2,1-2H3,(H,17,18). The zero-order valence-corrected chi connectivity index (χ0v) is 12.1. The molecule has 1 N–H and O–H groups in total. The molecule has 1 aromatic heterocycles. The van der Waals surface area contributed by atoms with Crippen molar-refractivity contribution in [3.63, 3.8) is 0 Å². The van der Waals surface area contributed by atoms with Crippen LogP contribution in [0, 0.1) is 6.92 Å². The quantitative estimate of drug-likeness (QED) is 0.876. The number of aryl methyl sites for hydroxylation is 1. The number of anilines is 1. The maximum Gasteiger partial charge on any atom is 0.339 e. The smallest absolute Gasteiger partial charge is 0.339 e. The van der Waals surface area contributed by atoms with Gasteiger partial charge in [-0.15, -0.1) is 0 Å². The highest BCUT2D eigenvalue weighted by atomic mass is 35.5. The Morgan fingerprint density at radius 3 is 2.80 bits per heavy atom. The van der Waals surface area contributed by atoms with Crippen molar-refractivity contribution in [3.8, 4) is 0 Å². The van der Waals surface area contributed by atoms with E-state index in [1.807, 2.05) is 24.3 Å². The van der Waals surface area contributed by atoms with Crippen LogP contribution in [-0.4, -0.2) is 18.1 Å². The van der Waals surface area contributed by atoms with E-state index in [1.54, 1.807) is 19.1 Å². The van der Waals surface area contributed by atoms with Gasteiger partial charge in [0.25, 0.3) is 0 Å². The molecule has 2 rings (SSSR count). The average Bonchev–Trinajstić information content (AvgIpc) is 2.44. The Bertz CT molecular complexity index is 629. The summed E-state index contributed by atoms with van der Waals surface area (Å²) in [5.41, 5.74) is 2.17. The van der Waals surface area contributed by atoms with Crippen molar-refractivity contribution >= 4 is 23.4 Å². The van der Waals surface area contributed by atoms with Crippen LogP contribution in [0.15, 0.2) is 36.4 Å². The summed E-state index contributed by atoms with van der Waals surface area (Å²) in [6.07, 6.45) is 0. The highest BCUT2D eigenvalue weighted by Crippen LogP contribution is 2.14. The minimum Gasteiger partial charge on any atom is -0.465 e. The number of methoxy groups -OCH3 is 1. The summed E-state index contributed by atoms with van der Waals surface area (Å²) in [7, 11) is 1.35. The van der Waals surface area contributed by atoms with E-state index in [0.29, 0.717) is 28.6 Å². The van der Waals surface area contributed by atoms with Gasteiger partial charge >= 0.3 is 5.97 Å². The predicted molar refractivity (Wildman–Crippen MR) is 79.1 cm³/mol. The second-order valence-corrected chi connectivity index (χ2v) is 4.74. The zero-order valence-electron chi connectivity index (χ0n) is 11.3. The predicted octanol–water partition coefficient (Wildman–Crippen LogP) is 3.44. The monoisotopic (exact) mass is 290 g/mol. The van der Waals surface area contributed by atoms with Crippen molar-refractivity contribution in [1.29, 1.82) is 0 Å². The molecule has 0 radical (unpaired) electrons. The summed E-state index contributed by atoms with van der Waals surface area (Å²) in [6, 6.07) is 11.1. The number of nitrogens with one attached hydrogen (secondary N) is 1. The number of esters is 1. The van der Waals surface area contributed by atoms with Crippen molar-refractivity contribution in [2.24, 2.45) is 0 Å². The molecule has 104 valence electrons. The van der Waals surface area contributed by atoms with Gasteiger partial charge in [-0.2, -0.15) is 0 Å². The lowest BCUT2D eigenvalue weighted by atomic mass is 10.2. The van der Waals surface area contributed by atoms with Crippen LogP contribution in [0.5, 0.6) is 0 Å². The molecule has 0 aliphatic heterocycles. The third-order valence-corrected chi connectivity index (χ3v) is 3.09. The van der Waals surface area contributed by atoms with E-state index >= 15 is 0 Å². The average molecular weight is 291 g/mol. The molecule has 1 heterocycles. The number of ether oxygens (including phenoxy) is 1. The topological polar surface area (TPSA) is 51.2 Å². The van der Waals surface area contributed by atoms with Crippen LogP contribution in [-0.2, 0) is 11.3 Å². The lowest BCUT2D eigenvalue weighted by Gasteiger charge is -2.09. The maximum atomic E-state index is 11.5. The molecule has 0 aliphatic carbocycles. The highest BCUT2D eigenvalue weighted by molar-refractivity contribution is 6.30. The van der Waals surface area contributed by atoms with Crippen LogP contribution in [0.25, 0.3) is 0 Å². The second-order valence-electron chi connectivity index (χ2n) is 4.30. The molecular weight excluding hydrogens is 276 g/mol. The van der Waals surface area contributed by atoms with E-state index in [1.165, 1.54) is 7.11 Å². The lowest BCUT2D eigenvalue weighted by Crippen LogP contribution is -2.08. The van der Waals surface area contributed by atoms with Crippen LogP contribution >= 0.6 is 11.6 Å². The molecule has 0 unspecified atom stereocenters. The minimum atomic E-state index is -0.378. The van der Waals surface area contributed by atoms with Gasteiger partial charge in [0.05, 0.1) is 18.4 Å². The number of rotatable bonds is 4. The first kappa shape index (κ1) is 14.3. The first-order valence-corrected chi connectivity index (χ1v) is 6.52. The molecule has 5 heteroatoms. The number of carbonyl (C=O) groups excluding carboxylic acids is 1. The SMILES string of the molecule is COC(=O)c1ccc(NCc2cccc(Cl)c2)nc1C. The van der Waals surface area contributed by atoms with Gasteiger partial charge in [-0.1, -0.05) is 23.7 Å². The van der Waals surface area contributed by atoms with E-state index in [-0.39, 0.29) is 5.97 Å². The Kier molecular flexibility index (Phi) is 4.58. The van der Waals surface area contributed by atoms with Gasteiger partial charge in [-0.3, -0.25) is 0 Å². The molecule has 0 atom stereocenters. The van der Waals surface area contributed by atoms with E-state index in [4.69, 9.17) is 11.6 Å². The van der Waals surface area contributed by atoms with Crippen LogP contribution in [0.2, 0.25) is 5.02 Å². The fourth-order valence-electron chi connectivity index (χ4n) is 1.82. The Morgan fingerprint density at radius 2 is 2.15 bits per heavy atom. The fourth-order valence-corrected chi connectivity index (χ4v) is 2.04. The molecule has 0 amide bonds. The molecule has 2 aromatic rings. The normalized spacial score (nSPS) is 10.2. The Morgan fingerprint density at radius 1 is 1.35 bits per heavy atom. The first-order valence-electron chi connectivity index (χ1n) is 6.14. The third kappa shape index (κ3) is 3.48. The van der Waals surface area contributed by atoms with Crippen molar-refractivity contribution in [3.05, 3.63) is 58.2 Å². The van der Waals surface area contributed by atoms with Gasteiger partial charge in [0.2, 0.25) is 0 Å². The third-order valence-electron chi connectivity index (χ3n) is 2.85. The molecule has 0 saturated carbocycles. The minimum absolute atomic E-state index is 0.378. The number of pyridine rings is 1. The summed E-state index contributed by atoms with van der Waals surface area (Å²) < 4.78 is 4.69. The number of halogens is 1. The molecule has 0 spiro atoms. The summed E-state index contributed by atoms with van der Waals surface area (Å²) in [5, 5.41) is 3.89. The van der Waals surface area contributed by atoms with Crippen molar-refractivity contribution in [2.75, 3.05) is 12.4 Å². The van der Waals surface area contributed by atoms with E-state index < -0.39 is 0 Å². The van der Waals surface area contributed by atoms with Crippen molar-refractivity contribution < 1.29 is 9.53 Å². The Labute approximate surface area is 122 Å². The zero-order chi connectivity index (χ0) is 14.5. The molecule has 4 nitrogen and oxygen atoms in total. The maximum absolute atomic E-state index is 11.5. The number of hydrogen-bond donors (Lipinski definition) is 1. The molecule has 20 heavy (non-hydrogen) atoms. The molecular formula is C15H15ClN2O2. The summed E-state index contributed by atoms with van der Waals surface area (Å²) in [5.74, 6) is 0.325. The van der Waals surface area contributed by atoms with Gasteiger partial charge in [0.1, 0.15) is 5.82 Å². The van der Waals surface area contributed by atoms with Gasteiger partial charge in [-0.25, -0.2) is 9.78 Å². The number of hydrogen-bond acceptors (Lipinski definition) is 4. The first-order chi connectivity index (χ1) is 9.60. The highest BCUT2D eigenvalue weighted by Gasteiger charge is 2.10. The van der Waals surface area contributed by atoms with E-state index in [9.17, 15) is 4.79 Å². The van der Waals surface area contributed by atoms with E-state index in [2.05, 4.69) is 15.0 Å². The number of aromatic nitrogens is 1. The molecule has 0 bridgehead atoms. The Balaban J connectivity index is 2.07. The van der Waals surface area contributed by atoms with Gasteiger partial charge in [0, 0.05) is 11.6 Å². The van der Waals surface area contributed by atoms with Gasteiger partial charge < -0.3 is 10.1 Å². The fraction of sp³-hybridized carbons (Fsp3) is 0.200. The molecule has 1 aromatic carbocycles. The van der Waals surface area contributed by atoms with Gasteiger partial charge in [-0.05, 0) is 36.8 Å². The Hall–Kier alpha value is -2.07. The molecule has 0 fully saturated rings. The van der Waals surface area contributed by atoms with Crippen LogP contribution in [0.1, 0.15) is 21.6 Å². The summed E-state index contributed by atoms with van der Waals surface area (Å²) in [6.45, 7) is 2.39. The van der Waals surface area contributed by atoms with E-state index in [0.717, 1.165) is 5.56 Å². The second kappa shape index (κ2) is 6.39. The summed E-state index contributed by atoms with van der Waals surface area (Å²) >= 11 is 5.93. The molecule has 0 aliphatic rings. The lowest BCUT2D eigenvalue weighted by molar-refractivity contribution is 0.0599.